The van der Waals surface area contributed by atoms with Gasteiger partial charge < -0.3 is 9.64 Å². The Bertz CT molecular complexity index is 308. The zero-order valence-electron chi connectivity index (χ0n) is 11.3. The predicted octanol–water partition coefficient (Wildman–Crippen LogP) is 1.50. The van der Waals surface area contributed by atoms with Crippen molar-refractivity contribution in [1.29, 1.82) is 0 Å². The molecule has 4 atom stereocenters. The highest BCUT2D eigenvalue weighted by molar-refractivity contribution is 5.88. The third-order valence-electron chi connectivity index (χ3n) is 4.44. The first-order chi connectivity index (χ1) is 8.03. The van der Waals surface area contributed by atoms with Crippen LogP contribution in [0.3, 0.4) is 0 Å². The molecule has 0 spiro atoms. The van der Waals surface area contributed by atoms with Crippen LogP contribution in [0.5, 0.6) is 0 Å². The number of rotatable bonds is 3. The fourth-order valence-electron chi connectivity index (χ4n) is 3.24. The maximum atomic E-state index is 12.5. The minimum Gasteiger partial charge on any atom is -0.379 e. The highest BCUT2D eigenvalue weighted by Crippen LogP contribution is 2.33. The second kappa shape index (κ2) is 4.58. The van der Waals surface area contributed by atoms with E-state index in [9.17, 15) is 4.79 Å². The van der Waals surface area contributed by atoms with Crippen LogP contribution >= 0.6 is 0 Å². The summed E-state index contributed by atoms with van der Waals surface area (Å²) in [5, 5.41) is 3.42. The summed E-state index contributed by atoms with van der Waals surface area (Å²) in [6, 6.07) is 0.253. The third-order valence-corrected chi connectivity index (χ3v) is 4.44. The molecule has 0 aromatic rings. The Hall–Kier alpha value is -0.610. The van der Waals surface area contributed by atoms with Gasteiger partial charge in [-0.3, -0.25) is 10.1 Å². The van der Waals surface area contributed by atoms with E-state index in [1.165, 1.54) is 0 Å². The Morgan fingerprint density at radius 3 is 2.76 bits per heavy atom. The fourth-order valence-corrected chi connectivity index (χ4v) is 3.24. The molecule has 0 radical (unpaired) electrons. The number of carbonyl (C=O) groups is 1. The first kappa shape index (κ1) is 12.8. The van der Waals surface area contributed by atoms with Gasteiger partial charge in [-0.15, -0.1) is 0 Å². The van der Waals surface area contributed by atoms with Crippen LogP contribution in [0.1, 0.15) is 46.5 Å². The fraction of sp³-hybridized carbons (Fsp3) is 0.923. The molecule has 1 saturated heterocycles. The van der Waals surface area contributed by atoms with Crippen molar-refractivity contribution in [2.45, 2.75) is 70.3 Å². The van der Waals surface area contributed by atoms with Gasteiger partial charge in [0.1, 0.15) is 0 Å². The minimum atomic E-state index is -0.389. The van der Waals surface area contributed by atoms with Gasteiger partial charge in [0.25, 0.3) is 0 Å². The zero-order chi connectivity index (χ0) is 12.6. The second-order valence-corrected chi connectivity index (χ2v) is 5.49. The Morgan fingerprint density at radius 2 is 2.24 bits per heavy atom. The van der Waals surface area contributed by atoms with Crippen LogP contribution in [0.4, 0.5) is 0 Å². The molecule has 1 saturated carbocycles. The Kier molecular flexibility index (Phi) is 3.46. The predicted molar refractivity (Wildman–Crippen MR) is 66.6 cm³/mol. The lowest BCUT2D eigenvalue weighted by Gasteiger charge is -2.32. The molecule has 2 aliphatic rings. The van der Waals surface area contributed by atoms with E-state index < -0.39 is 0 Å². The molecule has 1 heterocycles. The highest BCUT2D eigenvalue weighted by atomic mass is 16.5. The zero-order valence-corrected chi connectivity index (χ0v) is 11.3. The molecule has 0 aromatic carbocycles. The number of methoxy groups -OCH3 is 1. The molecule has 4 unspecified atom stereocenters. The molecule has 4 heteroatoms. The first-order valence-corrected chi connectivity index (χ1v) is 6.66. The van der Waals surface area contributed by atoms with Crippen molar-refractivity contribution in [2.75, 3.05) is 7.11 Å². The van der Waals surface area contributed by atoms with Gasteiger partial charge in [-0.2, -0.15) is 0 Å². The SMILES string of the molecule is CCC1(C)NC(C)N(C2CCCC2OC)C1=O. The summed E-state index contributed by atoms with van der Waals surface area (Å²) in [6.45, 7) is 6.13. The van der Waals surface area contributed by atoms with Gasteiger partial charge in [0, 0.05) is 7.11 Å². The molecule has 17 heavy (non-hydrogen) atoms. The lowest BCUT2D eigenvalue weighted by atomic mass is 9.98. The summed E-state index contributed by atoms with van der Waals surface area (Å²) < 4.78 is 5.51. The maximum absolute atomic E-state index is 12.5. The summed E-state index contributed by atoms with van der Waals surface area (Å²) in [7, 11) is 1.75. The summed E-state index contributed by atoms with van der Waals surface area (Å²) >= 11 is 0. The Labute approximate surface area is 104 Å². The van der Waals surface area contributed by atoms with Crippen molar-refractivity contribution in [1.82, 2.24) is 10.2 Å². The lowest BCUT2D eigenvalue weighted by molar-refractivity contribution is -0.137. The molecule has 0 aromatic heterocycles. The average Bonchev–Trinajstić information content (AvgIpc) is 2.84. The molecule has 1 aliphatic heterocycles. The van der Waals surface area contributed by atoms with Gasteiger partial charge in [-0.1, -0.05) is 6.92 Å². The summed E-state index contributed by atoms with van der Waals surface area (Å²) in [5.41, 5.74) is -0.389. The first-order valence-electron chi connectivity index (χ1n) is 6.66. The molecular weight excluding hydrogens is 216 g/mol. The summed E-state index contributed by atoms with van der Waals surface area (Å²) in [4.78, 5) is 14.5. The summed E-state index contributed by atoms with van der Waals surface area (Å²) in [5.74, 6) is 0.237. The van der Waals surface area contributed by atoms with Gasteiger partial charge >= 0.3 is 0 Å². The maximum Gasteiger partial charge on any atom is 0.244 e. The van der Waals surface area contributed by atoms with Gasteiger partial charge in [0.15, 0.2) is 0 Å². The van der Waals surface area contributed by atoms with Crippen molar-refractivity contribution in [3.8, 4) is 0 Å². The standard InChI is InChI=1S/C13H24N2O2/c1-5-13(3)12(16)15(9(2)14-13)10-7-6-8-11(10)17-4/h9-11,14H,5-8H2,1-4H3. The van der Waals surface area contributed by atoms with Crippen LogP contribution in [0, 0.1) is 0 Å². The number of nitrogens with zero attached hydrogens (tertiary/aromatic N) is 1. The number of hydrogen-bond acceptors (Lipinski definition) is 3. The third kappa shape index (κ3) is 1.97. The van der Waals surface area contributed by atoms with E-state index in [-0.39, 0.29) is 29.8 Å². The molecule has 98 valence electrons. The van der Waals surface area contributed by atoms with E-state index >= 15 is 0 Å². The van der Waals surface area contributed by atoms with E-state index in [1.807, 2.05) is 11.8 Å². The molecule has 2 rings (SSSR count). The van der Waals surface area contributed by atoms with Crippen LogP contribution < -0.4 is 5.32 Å². The topological polar surface area (TPSA) is 41.6 Å². The molecule has 2 fully saturated rings. The average molecular weight is 240 g/mol. The van der Waals surface area contributed by atoms with E-state index in [4.69, 9.17) is 4.74 Å². The Morgan fingerprint density at radius 1 is 1.53 bits per heavy atom. The van der Waals surface area contributed by atoms with Crippen molar-refractivity contribution >= 4 is 5.91 Å². The molecule has 1 amide bonds. The van der Waals surface area contributed by atoms with Crippen molar-refractivity contribution < 1.29 is 9.53 Å². The number of amides is 1. The van der Waals surface area contributed by atoms with Gasteiger partial charge in [0.2, 0.25) is 5.91 Å². The molecule has 1 N–H and O–H groups in total. The monoisotopic (exact) mass is 240 g/mol. The van der Waals surface area contributed by atoms with Crippen LogP contribution in [0.25, 0.3) is 0 Å². The van der Waals surface area contributed by atoms with E-state index in [2.05, 4.69) is 19.2 Å². The van der Waals surface area contributed by atoms with Gasteiger partial charge in [-0.25, -0.2) is 0 Å². The van der Waals surface area contributed by atoms with Crippen molar-refractivity contribution in [2.24, 2.45) is 0 Å². The largest absolute Gasteiger partial charge is 0.379 e. The minimum absolute atomic E-state index is 0.119. The van der Waals surface area contributed by atoms with Crippen LogP contribution in [0.15, 0.2) is 0 Å². The Balaban J connectivity index is 2.18. The summed E-state index contributed by atoms with van der Waals surface area (Å²) in [6.07, 6.45) is 4.45. The van der Waals surface area contributed by atoms with Crippen LogP contribution in [-0.4, -0.2) is 41.8 Å². The number of ether oxygens (including phenoxy) is 1. The van der Waals surface area contributed by atoms with E-state index in [0.717, 1.165) is 25.7 Å². The lowest BCUT2D eigenvalue weighted by Crippen LogP contribution is -2.48. The van der Waals surface area contributed by atoms with Crippen molar-refractivity contribution in [3.63, 3.8) is 0 Å². The molecular formula is C13H24N2O2. The van der Waals surface area contributed by atoms with E-state index in [1.54, 1.807) is 7.11 Å². The van der Waals surface area contributed by atoms with Gasteiger partial charge in [0.05, 0.1) is 23.9 Å². The number of hydrogen-bond donors (Lipinski definition) is 1. The number of nitrogens with one attached hydrogen (secondary N) is 1. The quantitative estimate of drug-likeness (QED) is 0.813. The molecule has 1 aliphatic carbocycles. The molecule has 0 bridgehead atoms. The van der Waals surface area contributed by atoms with Gasteiger partial charge in [-0.05, 0) is 39.5 Å². The normalized spacial score (nSPS) is 42.5. The smallest absolute Gasteiger partial charge is 0.244 e. The van der Waals surface area contributed by atoms with E-state index in [0.29, 0.717) is 0 Å². The molecule has 4 nitrogen and oxygen atoms in total. The highest BCUT2D eigenvalue weighted by Gasteiger charge is 2.49. The van der Waals surface area contributed by atoms with Crippen LogP contribution in [-0.2, 0) is 9.53 Å². The second-order valence-electron chi connectivity index (χ2n) is 5.49. The number of carbonyl (C=O) groups excluding carboxylic acids is 1. The van der Waals surface area contributed by atoms with Crippen molar-refractivity contribution in [3.05, 3.63) is 0 Å². The van der Waals surface area contributed by atoms with Crippen LogP contribution in [0.2, 0.25) is 0 Å².